The largest absolute Gasteiger partial charge is 0.369 e. The molecule has 0 aliphatic rings. The number of aromatic nitrogens is 2. The van der Waals surface area contributed by atoms with Crippen LogP contribution >= 0.6 is 0 Å². The first kappa shape index (κ1) is 12.9. The fourth-order valence-electron chi connectivity index (χ4n) is 2.12. The summed E-state index contributed by atoms with van der Waals surface area (Å²) in [5.74, 6) is 0.605. The molecule has 0 aliphatic carbocycles. The zero-order valence-corrected chi connectivity index (χ0v) is 11.4. The molecule has 0 saturated carbocycles. The molecule has 0 spiro atoms. The fourth-order valence-corrected chi connectivity index (χ4v) is 2.12. The second-order valence-electron chi connectivity index (χ2n) is 4.85. The van der Waals surface area contributed by atoms with E-state index in [9.17, 15) is 0 Å². The predicted octanol–water partition coefficient (Wildman–Crippen LogP) is 2.35. The van der Waals surface area contributed by atoms with Crippen LogP contribution in [0.2, 0.25) is 0 Å². The Morgan fingerprint density at radius 1 is 1.39 bits per heavy atom. The summed E-state index contributed by atoms with van der Waals surface area (Å²) in [6, 6.07) is 8.69. The maximum absolute atomic E-state index is 5.98. The summed E-state index contributed by atoms with van der Waals surface area (Å²) in [5, 5.41) is 0. The zero-order chi connectivity index (χ0) is 13.1. The van der Waals surface area contributed by atoms with Crippen molar-refractivity contribution in [1.29, 1.82) is 0 Å². The highest BCUT2D eigenvalue weighted by atomic mass is 15.2. The van der Waals surface area contributed by atoms with Crippen molar-refractivity contribution in [2.75, 3.05) is 19.3 Å². The van der Waals surface area contributed by atoms with Crippen LogP contribution in [0.25, 0.3) is 11.0 Å². The molecule has 1 atom stereocenters. The van der Waals surface area contributed by atoms with Gasteiger partial charge in [0.15, 0.2) is 0 Å². The number of anilines is 1. The third-order valence-electron chi connectivity index (χ3n) is 3.70. The molecule has 1 unspecified atom stereocenters. The first-order chi connectivity index (χ1) is 8.63. The fraction of sp³-hybridized carbons (Fsp3) is 0.500. The molecule has 98 valence electrons. The monoisotopic (exact) mass is 246 g/mol. The summed E-state index contributed by atoms with van der Waals surface area (Å²) in [7, 11) is 2.16. The molecule has 2 aromatic rings. The molecule has 0 fully saturated rings. The highest BCUT2D eigenvalue weighted by Gasteiger charge is 2.10. The van der Waals surface area contributed by atoms with Crippen LogP contribution in [0.3, 0.4) is 0 Å². The van der Waals surface area contributed by atoms with E-state index in [1.54, 1.807) is 0 Å². The van der Waals surface area contributed by atoms with E-state index in [1.165, 1.54) is 0 Å². The van der Waals surface area contributed by atoms with Gasteiger partial charge in [-0.05, 0) is 32.5 Å². The van der Waals surface area contributed by atoms with Crippen LogP contribution in [0.1, 0.15) is 20.3 Å². The van der Waals surface area contributed by atoms with E-state index in [4.69, 9.17) is 5.73 Å². The van der Waals surface area contributed by atoms with Crippen LogP contribution in [-0.4, -0.2) is 34.1 Å². The number of para-hydroxylation sites is 2. The summed E-state index contributed by atoms with van der Waals surface area (Å²) in [6.45, 7) is 6.32. The molecule has 1 aromatic heterocycles. The number of rotatable bonds is 5. The molecule has 2 rings (SSSR count). The third kappa shape index (κ3) is 2.48. The average Bonchev–Trinajstić information content (AvgIpc) is 2.70. The summed E-state index contributed by atoms with van der Waals surface area (Å²) in [6.07, 6.45) is 1.16. The number of nitrogens with zero attached hydrogens (tertiary/aromatic N) is 3. The minimum atomic E-state index is 0.598. The summed E-state index contributed by atoms with van der Waals surface area (Å²) >= 11 is 0. The Balaban J connectivity index is 2.14. The Labute approximate surface area is 108 Å². The topological polar surface area (TPSA) is 47.1 Å². The second kappa shape index (κ2) is 5.40. The van der Waals surface area contributed by atoms with Crippen LogP contribution in [-0.2, 0) is 6.54 Å². The summed E-state index contributed by atoms with van der Waals surface area (Å²) < 4.78 is 2.09. The normalized spacial score (nSPS) is 13.3. The van der Waals surface area contributed by atoms with E-state index in [2.05, 4.69) is 41.4 Å². The quantitative estimate of drug-likeness (QED) is 0.881. The molecule has 18 heavy (non-hydrogen) atoms. The van der Waals surface area contributed by atoms with Crippen molar-refractivity contribution < 1.29 is 0 Å². The molecule has 1 heterocycles. The van der Waals surface area contributed by atoms with Gasteiger partial charge in [-0.1, -0.05) is 19.1 Å². The number of hydrogen-bond donors (Lipinski definition) is 1. The van der Waals surface area contributed by atoms with Crippen molar-refractivity contribution >= 4 is 17.0 Å². The number of fused-ring (bicyclic) bond motifs is 1. The minimum Gasteiger partial charge on any atom is -0.369 e. The number of hydrogen-bond acceptors (Lipinski definition) is 3. The van der Waals surface area contributed by atoms with Gasteiger partial charge in [0.05, 0.1) is 11.0 Å². The van der Waals surface area contributed by atoms with E-state index in [-0.39, 0.29) is 0 Å². The average molecular weight is 246 g/mol. The first-order valence-electron chi connectivity index (χ1n) is 6.54. The lowest BCUT2D eigenvalue weighted by molar-refractivity contribution is 0.244. The minimum absolute atomic E-state index is 0.598. The molecule has 1 aromatic carbocycles. The first-order valence-corrected chi connectivity index (χ1v) is 6.54. The highest BCUT2D eigenvalue weighted by molar-refractivity contribution is 5.78. The van der Waals surface area contributed by atoms with Crippen molar-refractivity contribution in [2.24, 2.45) is 0 Å². The van der Waals surface area contributed by atoms with Gasteiger partial charge in [-0.2, -0.15) is 0 Å². The Morgan fingerprint density at radius 2 is 2.11 bits per heavy atom. The van der Waals surface area contributed by atoms with Crippen molar-refractivity contribution in [2.45, 2.75) is 32.9 Å². The maximum Gasteiger partial charge on any atom is 0.201 e. The van der Waals surface area contributed by atoms with E-state index in [0.29, 0.717) is 12.0 Å². The number of imidazole rings is 1. The molecule has 0 radical (unpaired) electrons. The number of nitrogen functional groups attached to an aromatic ring is 1. The highest BCUT2D eigenvalue weighted by Crippen LogP contribution is 2.17. The standard InChI is InChI=1S/C14H22N4/c1-4-11(2)17(3)9-10-18-13-8-6-5-7-12(13)16-14(18)15/h5-8,11H,4,9-10H2,1-3H3,(H2,15,16). The molecule has 2 N–H and O–H groups in total. The summed E-state index contributed by atoms with van der Waals surface area (Å²) in [4.78, 5) is 6.73. The van der Waals surface area contributed by atoms with Gasteiger partial charge in [-0.15, -0.1) is 0 Å². The van der Waals surface area contributed by atoms with Crippen molar-refractivity contribution in [3.8, 4) is 0 Å². The Bertz CT molecular complexity index is 517. The van der Waals surface area contributed by atoms with Crippen molar-refractivity contribution in [3.05, 3.63) is 24.3 Å². The zero-order valence-electron chi connectivity index (χ0n) is 11.4. The van der Waals surface area contributed by atoms with E-state index >= 15 is 0 Å². The van der Waals surface area contributed by atoms with E-state index < -0.39 is 0 Å². The third-order valence-corrected chi connectivity index (χ3v) is 3.70. The van der Waals surface area contributed by atoms with Gasteiger partial charge in [0, 0.05) is 19.1 Å². The van der Waals surface area contributed by atoms with Crippen molar-refractivity contribution in [1.82, 2.24) is 14.5 Å². The number of benzene rings is 1. The van der Waals surface area contributed by atoms with E-state index in [1.807, 2.05) is 18.2 Å². The maximum atomic E-state index is 5.98. The molecular weight excluding hydrogens is 224 g/mol. The molecule has 0 aliphatic heterocycles. The van der Waals surface area contributed by atoms with Crippen LogP contribution in [0, 0.1) is 0 Å². The van der Waals surface area contributed by atoms with Gasteiger partial charge in [-0.25, -0.2) is 4.98 Å². The lowest BCUT2D eigenvalue weighted by Crippen LogP contribution is -2.31. The molecule has 0 saturated heterocycles. The molecule has 4 nitrogen and oxygen atoms in total. The lowest BCUT2D eigenvalue weighted by Gasteiger charge is -2.23. The van der Waals surface area contributed by atoms with Crippen LogP contribution < -0.4 is 5.73 Å². The molecular formula is C14H22N4. The number of likely N-dealkylation sites (N-methyl/N-ethyl adjacent to an activating group) is 1. The van der Waals surface area contributed by atoms with Gasteiger partial charge in [-0.3, -0.25) is 0 Å². The van der Waals surface area contributed by atoms with E-state index in [0.717, 1.165) is 30.5 Å². The van der Waals surface area contributed by atoms with Gasteiger partial charge in [0.1, 0.15) is 0 Å². The molecule has 0 amide bonds. The van der Waals surface area contributed by atoms with Crippen molar-refractivity contribution in [3.63, 3.8) is 0 Å². The van der Waals surface area contributed by atoms with Gasteiger partial charge in [0.2, 0.25) is 5.95 Å². The van der Waals surface area contributed by atoms with Gasteiger partial charge in [0.25, 0.3) is 0 Å². The molecule has 4 heteroatoms. The summed E-state index contributed by atoms with van der Waals surface area (Å²) in [5.41, 5.74) is 8.07. The second-order valence-corrected chi connectivity index (χ2v) is 4.85. The smallest absolute Gasteiger partial charge is 0.201 e. The molecule has 0 bridgehead atoms. The van der Waals surface area contributed by atoms with Gasteiger partial charge < -0.3 is 15.2 Å². The number of nitrogens with two attached hydrogens (primary N) is 1. The predicted molar refractivity (Wildman–Crippen MR) is 76.5 cm³/mol. The Kier molecular flexibility index (Phi) is 3.87. The van der Waals surface area contributed by atoms with Crippen LogP contribution in [0.15, 0.2) is 24.3 Å². The lowest BCUT2D eigenvalue weighted by atomic mass is 10.2. The van der Waals surface area contributed by atoms with Gasteiger partial charge >= 0.3 is 0 Å². The Morgan fingerprint density at radius 3 is 2.83 bits per heavy atom. The Hall–Kier alpha value is -1.55. The van der Waals surface area contributed by atoms with Crippen LogP contribution in [0.5, 0.6) is 0 Å². The SMILES string of the molecule is CCC(C)N(C)CCn1c(N)nc2ccccc21. The van der Waals surface area contributed by atoms with Crippen LogP contribution in [0.4, 0.5) is 5.95 Å².